The van der Waals surface area contributed by atoms with Crippen molar-refractivity contribution in [2.75, 3.05) is 13.1 Å². The molecule has 33 heavy (non-hydrogen) atoms. The molecule has 1 aliphatic rings. The lowest BCUT2D eigenvalue weighted by Gasteiger charge is -2.13. The van der Waals surface area contributed by atoms with Gasteiger partial charge in [-0.1, -0.05) is 36.4 Å². The van der Waals surface area contributed by atoms with Gasteiger partial charge < -0.3 is 5.32 Å². The van der Waals surface area contributed by atoms with E-state index in [1.165, 1.54) is 24.3 Å². The molecule has 8 nitrogen and oxygen atoms in total. The highest BCUT2D eigenvalue weighted by molar-refractivity contribution is 8.18. The summed E-state index contributed by atoms with van der Waals surface area (Å²) < 4.78 is 14.9. The van der Waals surface area contributed by atoms with Crippen LogP contribution >= 0.6 is 11.8 Å². The number of amides is 3. The minimum atomic E-state index is -0.550. The van der Waals surface area contributed by atoms with Gasteiger partial charge in [0.05, 0.1) is 16.0 Å². The summed E-state index contributed by atoms with van der Waals surface area (Å²) in [6.07, 6.45) is 1.33. The van der Waals surface area contributed by atoms with Crippen molar-refractivity contribution in [2.24, 2.45) is 0 Å². The maximum absolute atomic E-state index is 13.8. The Balaban J connectivity index is 1.37. The maximum Gasteiger partial charge on any atom is 0.293 e. The molecule has 3 amide bonds. The van der Waals surface area contributed by atoms with E-state index in [2.05, 4.69) is 10.4 Å². The number of imide groups is 1. The van der Waals surface area contributed by atoms with Crippen LogP contribution in [-0.4, -0.2) is 44.8 Å². The number of halogens is 1. The van der Waals surface area contributed by atoms with Crippen LogP contribution in [0.4, 0.5) is 9.18 Å². The van der Waals surface area contributed by atoms with Gasteiger partial charge in [-0.15, -0.1) is 0 Å². The van der Waals surface area contributed by atoms with Crippen molar-refractivity contribution in [2.45, 2.75) is 13.5 Å². The highest BCUT2D eigenvalue weighted by Gasteiger charge is 2.34. The summed E-state index contributed by atoms with van der Waals surface area (Å²) in [5.74, 6) is -1.52. The average molecular weight is 466 g/mol. The summed E-state index contributed by atoms with van der Waals surface area (Å²) >= 11 is 0.715. The van der Waals surface area contributed by atoms with Crippen molar-refractivity contribution < 1.29 is 18.8 Å². The van der Waals surface area contributed by atoms with Gasteiger partial charge in [-0.25, -0.2) is 9.07 Å². The molecule has 2 aromatic carbocycles. The monoisotopic (exact) mass is 466 g/mol. The van der Waals surface area contributed by atoms with Crippen LogP contribution in [0.15, 0.2) is 58.2 Å². The van der Waals surface area contributed by atoms with Gasteiger partial charge in [-0.2, -0.15) is 5.10 Å². The van der Waals surface area contributed by atoms with Crippen molar-refractivity contribution in [1.29, 1.82) is 0 Å². The van der Waals surface area contributed by atoms with Gasteiger partial charge in [-0.3, -0.25) is 24.1 Å². The third-order valence-electron chi connectivity index (χ3n) is 5.07. The van der Waals surface area contributed by atoms with Crippen LogP contribution in [0.5, 0.6) is 0 Å². The molecule has 1 saturated heterocycles. The van der Waals surface area contributed by atoms with Gasteiger partial charge >= 0.3 is 0 Å². The first-order valence-corrected chi connectivity index (χ1v) is 10.9. The number of fused-ring (bicyclic) bond motifs is 1. The Morgan fingerprint density at radius 3 is 2.55 bits per heavy atom. The lowest BCUT2D eigenvalue weighted by Crippen LogP contribution is -2.39. The zero-order valence-electron chi connectivity index (χ0n) is 17.6. The number of rotatable bonds is 6. The van der Waals surface area contributed by atoms with Crippen LogP contribution in [0.25, 0.3) is 16.8 Å². The molecule has 1 aromatic heterocycles. The quantitative estimate of drug-likeness (QED) is 0.561. The van der Waals surface area contributed by atoms with Crippen molar-refractivity contribution in [3.05, 3.63) is 80.9 Å². The highest BCUT2D eigenvalue weighted by Crippen LogP contribution is 2.32. The second-order valence-corrected chi connectivity index (χ2v) is 8.29. The number of aromatic nitrogens is 2. The molecule has 3 aromatic rings. The molecule has 1 fully saturated rings. The predicted octanol–water partition coefficient (Wildman–Crippen LogP) is 2.70. The van der Waals surface area contributed by atoms with E-state index in [1.54, 1.807) is 31.2 Å². The van der Waals surface area contributed by atoms with Crippen molar-refractivity contribution >= 4 is 45.7 Å². The number of nitrogens with zero attached hydrogens (tertiary/aromatic N) is 3. The Hall–Kier alpha value is -3.79. The first-order chi connectivity index (χ1) is 15.8. The second-order valence-electron chi connectivity index (χ2n) is 7.30. The summed E-state index contributed by atoms with van der Waals surface area (Å²) in [4.78, 5) is 50.8. The van der Waals surface area contributed by atoms with Crippen LogP contribution in [0, 0.1) is 12.7 Å². The zero-order valence-corrected chi connectivity index (χ0v) is 18.4. The van der Waals surface area contributed by atoms with Crippen molar-refractivity contribution in [1.82, 2.24) is 20.0 Å². The molecular weight excluding hydrogens is 447 g/mol. The fraction of sp³-hybridized carbons (Fsp3) is 0.174. The van der Waals surface area contributed by atoms with Gasteiger partial charge in [0.25, 0.3) is 16.7 Å². The number of hydrogen-bond acceptors (Lipinski definition) is 6. The van der Waals surface area contributed by atoms with Crippen molar-refractivity contribution in [3.63, 3.8) is 0 Å². The van der Waals surface area contributed by atoms with E-state index in [0.717, 1.165) is 15.0 Å². The minimum absolute atomic E-state index is 0.00512. The third-order valence-corrected chi connectivity index (χ3v) is 5.98. The number of nitrogens with one attached hydrogen (secondary N) is 1. The molecule has 0 aliphatic carbocycles. The first kappa shape index (κ1) is 22.4. The molecule has 0 atom stereocenters. The van der Waals surface area contributed by atoms with Gasteiger partial charge in [0, 0.05) is 24.0 Å². The first-order valence-electron chi connectivity index (χ1n) is 10.1. The van der Waals surface area contributed by atoms with E-state index in [4.69, 9.17) is 0 Å². The van der Waals surface area contributed by atoms with E-state index in [-0.39, 0.29) is 35.7 Å². The van der Waals surface area contributed by atoms with Crippen LogP contribution in [0.1, 0.15) is 11.3 Å². The van der Waals surface area contributed by atoms with Crippen LogP contribution in [0.2, 0.25) is 0 Å². The maximum atomic E-state index is 13.8. The number of carbonyl (C=O) groups is 3. The number of benzene rings is 2. The van der Waals surface area contributed by atoms with Crippen molar-refractivity contribution in [3.8, 4) is 0 Å². The normalized spacial score (nSPS) is 15.0. The molecular formula is C23H19FN4O4S. The van der Waals surface area contributed by atoms with E-state index in [1.807, 2.05) is 6.07 Å². The summed E-state index contributed by atoms with van der Waals surface area (Å²) in [6.45, 7) is 1.42. The molecule has 168 valence electrons. The van der Waals surface area contributed by atoms with E-state index in [9.17, 15) is 23.6 Å². The fourth-order valence-electron chi connectivity index (χ4n) is 3.44. The number of hydrogen-bond donors (Lipinski definition) is 1. The molecule has 1 N–H and O–H groups in total. The van der Waals surface area contributed by atoms with E-state index < -0.39 is 22.9 Å². The topological polar surface area (TPSA) is 101 Å². The van der Waals surface area contributed by atoms with Gasteiger partial charge in [-0.05, 0) is 36.9 Å². The minimum Gasteiger partial charge on any atom is -0.353 e. The molecule has 2 heterocycles. The predicted molar refractivity (Wildman–Crippen MR) is 123 cm³/mol. The molecule has 4 rings (SSSR count). The lowest BCUT2D eigenvalue weighted by molar-refractivity contribution is -0.124. The summed E-state index contributed by atoms with van der Waals surface area (Å²) in [7, 11) is 0. The Kier molecular flexibility index (Phi) is 6.36. The molecule has 1 aliphatic heterocycles. The molecule has 10 heteroatoms. The number of thioether (sulfide) groups is 1. The Morgan fingerprint density at radius 2 is 1.79 bits per heavy atom. The van der Waals surface area contributed by atoms with Crippen LogP contribution < -0.4 is 10.9 Å². The molecule has 0 spiro atoms. The van der Waals surface area contributed by atoms with Crippen LogP contribution in [0.3, 0.4) is 0 Å². The molecule has 0 radical (unpaired) electrons. The number of aryl methyl sites for hydroxylation is 1. The third kappa shape index (κ3) is 4.70. The smallest absolute Gasteiger partial charge is 0.293 e. The Labute approximate surface area is 192 Å². The van der Waals surface area contributed by atoms with Gasteiger partial charge in [0.1, 0.15) is 12.4 Å². The molecule has 0 unspecified atom stereocenters. The molecule has 0 saturated carbocycles. The molecule has 0 bridgehead atoms. The SMILES string of the molecule is Cc1nn(CC(=O)NCCN2C(=O)S/C(=C\c3ccccc3F)C2=O)c(=O)c2ccccc12. The summed E-state index contributed by atoms with van der Waals surface area (Å²) in [5, 5.41) is 7.48. The van der Waals surface area contributed by atoms with Gasteiger partial charge in [0.15, 0.2) is 0 Å². The Morgan fingerprint density at radius 1 is 1.09 bits per heavy atom. The van der Waals surface area contributed by atoms with E-state index >= 15 is 0 Å². The highest BCUT2D eigenvalue weighted by atomic mass is 32.2. The summed E-state index contributed by atoms with van der Waals surface area (Å²) in [5.41, 5.74) is 0.452. The van der Waals surface area contributed by atoms with E-state index in [0.29, 0.717) is 22.8 Å². The largest absolute Gasteiger partial charge is 0.353 e. The lowest BCUT2D eigenvalue weighted by atomic mass is 10.1. The zero-order chi connectivity index (χ0) is 23.5. The van der Waals surface area contributed by atoms with Crippen LogP contribution in [-0.2, 0) is 16.1 Å². The summed E-state index contributed by atoms with van der Waals surface area (Å²) in [6, 6.07) is 13.0. The average Bonchev–Trinajstić information content (AvgIpc) is 3.06. The Bertz CT molecular complexity index is 1370. The fourth-order valence-corrected chi connectivity index (χ4v) is 4.29. The second kappa shape index (κ2) is 9.37. The van der Waals surface area contributed by atoms with Gasteiger partial charge in [0.2, 0.25) is 5.91 Å². The number of carbonyl (C=O) groups excluding carboxylic acids is 3. The standard InChI is InChI=1S/C23H19FN4O4S/c1-14-16-7-3-4-8-17(16)21(30)28(26-14)13-20(29)25-10-11-27-22(31)19(33-23(27)32)12-15-6-2-5-9-18(15)24/h2-9,12H,10-11,13H2,1H3,(H,25,29)/b19-12-.